The minimum absolute atomic E-state index is 0. The van der Waals surface area contributed by atoms with Crippen LogP contribution in [0.2, 0.25) is 0 Å². The molecule has 0 aliphatic heterocycles. The average molecular weight is 572 g/mol. The van der Waals surface area contributed by atoms with Crippen LogP contribution in [0.5, 0.6) is 23.0 Å². The molecule has 0 radical (unpaired) electrons. The summed E-state index contributed by atoms with van der Waals surface area (Å²) in [6.07, 6.45) is 0.167. The largest absolute Gasteiger partial charge is 1.00 e. The minimum atomic E-state index is -1.28. The summed E-state index contributed by atoms with van der Waals surface area (Å²) in [7, 11) is 0. The number of nitrogens with zero attached hydrogens (tertiary/aromatic N) is 4. The van der Waals surface area contributed by atoms with Crippen LogP contribution < -0.4 is 69.3 Å². The van der Waals surface area contributed by atoms with E-state index in [-0.39, 0.29) is 111 Å². The van der Waals surface area contributed by atoms with Gasteiger partial charge in [-0.05, 0) is 78.2 Å². The molecule has 12 nitrogen and oxygen atoms in total. The van der Waals surface area contributed by atoms with Gasteiger partial charge in [-0.2, -0.15) is 10.2 Å². The van der Waals surface area contributed by atoms with Crippen molar-refractivity contribution in [3.63, 3.8) is 0 Å². The number of hydrogen-bond donors (Lipinski definition) is 4. The molecule has 0 aliphatic carbocycles. The molecule has 0 aromatic heterocycles. The van der Waals surface area contributed by atoms with Crippen molar-refractivity contribution < 1.29 is 99.3 Å². The van der Waals surface area contributed by atoms with Crippen LogP contribution in [-0.4, -0.2) is 32.4 Å². The topological polar surface area (TPSA) is 211 Å². The molecule has 0 saturated carbocycles. The van der Waals surface area contributed by atoms with E-state index in [4.69, 9.17) is 0 Å². The Bertz CT molecular complexity index is 1540. The Balaban J connectivity index is 0.00000294. The Labute approximate surface area is 277 Å². The zero-order valence-corrected chi connectivity index (χ0v) is 25.8. The normalized spacial score (nSPS) is 10.7. The predicted octanol–water partition coefficient (Wildman–Crippen LogP) is -0.929. The molecule has 4 rings (SSSR count). The Kier molecular flexibility index (Phi) is 12.0. The molecule has 4 aromatic rings. The van der Waals surface area contributed by atoms with Gasteiger partial charge in [0, 0.05) is 0 Å². The van der Waals surface area contributed by atoms with Gasteiger partial charge in [-0.15, -0.1) is 10.2 Å². The van der Waals surface area contributed by atoms with Gasteiger partial charge in [-0.3, -0.25) is 0 Å². The number of aromatic hydroxyl groups is 2. The third kappa shape index (κ3) is 8.60. The molecule has 0 spiro atoms. The zero-order valence-electron chi connectivity index (χ0n) is 21.8. The molecule has 0 heterocycles. The molecular formula is C27H18N4Na2O8. The number of phenols is 2. The van der Waals surface area contributed by atoms with Crippen molar-refractivity contribution in [1.82, 2.24) is 0 Å². The molecule has 0 fully saturated rings. The summed E-state index contributed by atoms with van der Waals surface area (Å²) in [4.78, 5) is 23.7. The molecular weight excluding hydrogens is 554 g/mol. The van der Waals surface area contributed by atoms with Crippen LogP contribution in [0, 0.1) is 0 Å². The van der Waals surface area contributed by atoms with Crippen molar-refractivity contribution in [1.29, 1.82) is 0 Å². The van der Waals surface area contributed by atoms with E-state index in [0.29, 0.717) is 11.1 Å². The molecule has 0 atom stereocenters. The van der Waals surface area contributed by atoms with E-state index in [1.165, 1.54) is 48.5 Å². The molecule has 0 aliphatic rings. The maximum Gasteiger partial charge on any atom is 1.00 e. The van der Waals surface area contributed by atoms with E-state index >= 15 is 0 Å². The first-order valence-corrected chi connectivity index (χ1v) is 11.2. The van der Waals surface area contributed by atoms with Gasteiger partial charge in [-0.25, -0.2) is 9.59 Å². The number of rotatable bonds is 8. The first kappa shape index (κ1) is 33.4. The molecule has 41 heavy (non-hydrogen) atoms. The van der Waals surface area contributed by atoms with Gasteiger partial charge in [0.1, 0.15) is 22.9 Å². The second-order valence-corrected chi connectivity index (χ2v) is 8.19. The number of benzene rings is 4. The SMILES string of the molecule is O=C(O)c1cc(Cc2ccc(N=Nc3ccc(O)cc3[O-])c(C(=O)O)c2)ccc1N=Nc1ccc(O)cc1[O-].[Na+].[Na+]. The van der Waals surface area contributed by atoms with Gasteiger partial charge in [-0.1, -0.05) is 23.6 Å². The Morgan fingerprint density at radius 2 is 0.902 bits per heavy atom. The maximum absolute atomic E-state index is 11.9. The smallest absolute Gasteiger partial charge is 0.871 e. The molecule has 4 aromatic carbocycles. The van der Waals surface area contributed by atoms with Crippen LogP contribution in [0.4, 0.5) is 22.7 Å². The Morgan fingerprint density at radius 3 is 1.24 bits per heavy atom. The maximum atomic E-state index is 11.9. The third-order valence-corrected chi connectivity index (χ3v) is 5.41. The van der Waals surface area contributed by atoms with E-state index in [0.717, 1.165) is 12.1 Å². The van der Waals surface area contributed by atoms with E-state index < -0.39 is 23.4 Å². The summed E-state index contributed by atoms with van der Waals surface area (Å²) in [5.41, 5.74) is 0.521. The van der Waals surface area contributed by atoms with Gasteiger partial charge < -0.3 is 30.6 Å². The van der Waals surface area contributed by atoms with Crippen LogP contribution in [0.3, 0.4) is 0 Å². The molecule has 4 N–H and O–H groups in total. The molecule has 0 bridgehead atoms. The van der Waals surface area contributed by atoms with Gasteiger partial charge in [0.05, 0.1) is 22.5 Å². The number of hydrogen-bond acceptors (Lipinski definition) is 10. The van der Waals surface area contributed by atoms with Gasteiger partial charge in [0.15, 0.2) is 0 Å². The summed E-state index contributed by atoms with van der Waals surface area (Å²) in [5.74, 6) is -4.20. The van der Waals surface area contributed by atoms with Crippen molar-refractivity contribution in [2.45, 2.75) is 6.42 Å². The number of carbonyl (C=O) groups is 2. The predicted molar refractivity (Wildman–Crippen MR) is 133 cm³/mol. The minimum Gasteiger partial charge on any atom is -0.871 e. The first-order chi connectivity index (χ1) is 18.6. The van der Waals surface area contributed by atoms with Crippen molar-refractivity contribution in [3.05, 3.63) is 95.1 Å². The quantitative estimate of drug-likeness (QED) is 0.153. The van der Waals surface area contributed by atoms with Crippen LogP contribution in [0.25, 0.3) is 0 Å². The van der Waals surface area contributed by atoms with Crippen LogP contribution >= 0.6 is 0 Å². The molecule has 196 valence electrons. The summed E-state index contributed by atoms with van der Waals surface area (Å²) < 4.78 is 0. The van der Waals surface area contributed by atoms with Crippen LogP contribution in [0.1, 0.15) is 31.8 Å². The third-order valence-electron chi connectivity index (χ3n) is 5.41. The Morgan fingerprint density at radius 1 is 0.561 bits per heavy atom. The summed E-state index contributed by atoms with van der Waals surface area (Å²) >= 11 is 0. The number of carboxylic acid groups (broad SMARTS) is 2. The standard InChI is InChI=1S/C27H20N4O8.2Na/c32-16-3-7-22(24(34)12-16)30-28-20-5-1-14(10-18(20)26(36)37)9-15-2-6-21(19(11-15)27(38)39)29-31-23-8-4-17(33)13-25(23)35;;/h1-8,10-13,32-35H,9H2,(H,36,37)(H,38,39);;/q;2*+1/p-2. The fourth-order valence-electron chi connectivity index (χ4n) is 3.53. The summed E-state index contributed by atoms with van der Waals surface area (Å²) in [6.45, 7) is 0. The van der Waals surface area contributed by atoms with Crippen LogP contribution in [0.15, 0.2) is 93.3 Å². The van der Waals surface area contributed by atoms with Crippen molar-refractivity contribution in [2.24, 2.45) is 20.5 Å². The molecule has 0 saturated heterocycles. The number of phenolic OH excluding ortho intramolecular Hbond substituents is 2. The summed E-state index contributed by atoms with van der Waals surface area (Å²) in [5, 5.41) is 77.0. The van der Waals surface area contributed by atoms with Crippen molar-refractivity contribution >= 4 is 34.7 Å². The van der Waals surface area contributed by atoms with E-state index in [2.05, 4.69) is 20.5 Å². The second-order valence-electron chi connectivity index (χ2n) is 8.19. The van der Waals surface area contributed by atoms with Gasteiger partial charge >= 0.3 is 71.1 Å². The molecule has 0 amide bonds. The first-order valence-electron chi connectivity index (χ1n) is 11.2. The summed E-state index contributed by atoms with van der Waals surface area (Å²) in [6, 6.07) is 15.7. The van der Waals surface area contributed by atoms with Crippen molar-refractivity contribution in [3.8, 4) is 23.0 Å². The monoisotopic (exact) mass is 572 g/mol. The fourth-order valence-corrected chi connectivity index (χ4v) is 3.53. The van der Waals surface area contributed by atoms with E-state index in [1.807, 2.05) is 0 Å². The van der Waals surface area contributed by atoms with Gasteiger partial charge in [0.2, 0.25) is 0 Å². The second kappa shape index (κ2) is 14.7. The number of carboxylic acids is 2. The number of aromatic carboxylic acids is 2. The van der Waals surface area contributed by atoms with Crippen molar-refractivity contribution in [2.75, 3.05) is 0 Å². The zero-order chi connectivity index (χ0) is 28.1. The van der Waals surface area contributed by atoms with Crippen LogP contribution in [-0.2, 0) is 6.42 Å². The number of azo groups is 2. The average Bonchev–Trinajstić information content (AvgIpc) is 2.88. The Hall–Kier alpha value is -3.78. The fraction of sp³-hybridized carbons (Fsp3) is 0.0370. The molecule has 14 heteroatoms. The van der Waals surface area contributed by atoms with E-state index in [9.17, 15) is 40.2 Å². The van der Waals surface area contributed by atoms with Gasteiger partial charge in [0.25, 0.3) is 0 Å². The van der Waals surface area contributed by atoms with E-state index in [1.54, 1.807) is 12.1 Å². The molecule has 0 unspecified atom stereocenters.